The minimum atomic E-state index is -1.72. The molecular formula is C21H24FN3O3S. The third-order valence-electron chi connectivity index (χ3n) is 6.55. The Hall–Kier alpha value is -2.19. The summed E-state index contributed by atoms with van der Waals surface area (Å²) in [6.45, 7) is 2.34. The van der Waals surface area contributed by atoms with Gasteiger partial charge in [-0.05, 0) is 68.7 Å². The van der Waals surface area contributed by atoms with E-state index in [1.165, 1.54) is 15.0 Å². The molecular weight excluding hydrogens is 393 g/mol. The second-order valence-corrected chi connectivity index (χ2v) is 9.55. The molecule has 0 bridgehead atoms. The molecule has 154 valence electrons. The maximum atomic E-state index is 15.5. The zero-order valence-electron chi connectivity index (χ0n) is 16.2. The van der Waals surface area contributed by atoms with E-state index in [1.54, 1.807) is 18.3 Å². The van der Waals surface area contributed by atoms with Crippen LogP contribution in [0.2, 0.25) is 0 Å². The highest BCUT2D eigenvalue weighted by Gasteiger charge is 2.38. The number of aliphatic hydroxyl groups excluding tert-OH is 1. The van der Waals surface area contributed by atoms with Gasteiger partial charge in [0.05, 0.1) is 11.3 Å². The Balaban J connectivity index is 1.78. The Morgan fingerprint density at radius 2 is 2.10 bits per heavy atom. The van der Waals surface area contributed by atoms with Crippen molar-refractivity contribution in [3.8, 4) is 0 Å². The third-order valence-corrected chi connectivity index (χ3v) is 7.85. The monoisotopic (exact) mass is 417 g/mol. The number of nitrogens with one attached hydrogen (secondary N) is 1. The highest BCUT2D eigenvalue weighted by Crippen LogP contribution is 2.44. The fourth-order valence-corrected chi connectivity index (χ4v) is 6.43. The number of nitrogens with zero attached hydrogens (tertiary/aromatic N) is 1. The molecule has 6 nitrogen and oxygen atoms in total. The molecule has 8 heteroatoms. The van der Waals surface area contributed by atoms with E-state index in [0.29, 0.717) is 17.5 Å². The van der Waals surface area contributed by atoms with Crippen LogP contribution in [0.25, 0.3) is 11.3 Å². The van der Waals surface area contributed by atoms with E-state index < -0.39 is 29.1 Å². The molecule has 1 saturated carbocycles. The highest BCUT2D eigenvalue weighted by molar-refractivity contribution is 7.12. The van der Waals surface area contributed by atoms with Crippen molar-refractivity contribution in [1.29, 1.82) is 0 Å². The van der Waals surface area contributed by atoms with Gasteiger partial charge in [0.1, 0.15) is 11.0 Å². The molecule has 0 amide bonds. The van der Waals surface area contributed by atoms with E-state index in [4.69, 9.17) is 5.73 Å². The maximum absolute atomic E-state index is 15.5. The summed E-state index contributed by atoms with van der Waals surface area (Å²) in [6.07, 6.45) is 3.01. The number of alkyl halides is 1. The number of hydrogen-bond acceptors (Lipinski definition) is 5. The first-order valence-corrected chi connectivity index (χ1v) is 11.0. The van der Waals surface area contributed by atoms with Crippen LogP contribution in [0.3, 0.4) is 0 Å². The van der Waals surface area contributed by atoms with Crippen LogP contribution in [-0.4, -0.2) is 27.4 Å². The number of halogens is 1. The van der Waals surface area contributed by atoms with Crippen LogP contribution >= 0.6 is 11.3 Å². The van der Waals surface area contributed by atoms with Gasteiger partial charge in [-0.2, -0.15) is 0 Å². The Bertz CT molecular complexity index is 1240. The summed E-state index contributed by atoms with van der Waals surface area (Å²) in [5.74, 6) is -1.00. The van der Waals surface area contributed by atoms with Crippen molar-refractivity contribution in [2.75, 3.05) is 6.54 Å². The second kappa shape index (κ2) is 6.67. The van der Waals surface area contributed by atoms with Crippen molar-refractivity contribution in [3.05, 3.63) is 52.8 Å². The molecule has 0 aromatic carbocycles. The molecule has 3 atom stereocenters. The van der Waals surface area contributed by atoms with Crippen molar-refractivity contribution in [2.24, 2.45) is 5.73 Å². The van der Waals surface area contributed by atoms with Gasteiger partial charge in [-0.1, -0.05) is 0 Å². The number of thiophene rings is 1. The standard InChI is InChI=1S/C21H24FN3O3S/c1-9-15(14-7-12-10(8-23)3-2-4-13(12)29-14)17(22)19(26)16-18(9)25(11-5-6-11)21(28)24-20(16)27/h7,10-11,15,17,26H,2-6,8,23H2,1H3,(H,24,27,28). The van der Waals surface area contributed by atoms with Crippen LogP contribution < -0.4 is 27.6 Å². The molecule has 2 aromatic heterocycles. The van der Waals surface area contributed by atoms with Gasteiger partial charge < -0.3 is 10.8 Å². The minimum absolute atomic E-state index is 0.00850. The highest BCUT2D eigenvalue weighted by atomic mass is 32.1. The van der Waals surface area contributed by atoms with Gasteiger partial charge in [-0.25, -0.2) is 9.18 Å². The smallest absolute Gasteiger partial charge is 0.329 e. The van der Waals surface area contributed by atoms with E-state index in [0.717, 1.165) is 37.0 Å². The largest absolute Gasteiger partial charge is 0.508 e. The Labute approximate surface area is 170 Å². The van der Waals surface area contributed by atoms with Gasteiger partial charge in [0.25, 0.3) is 5.56 Å². The predicted octanol–water partition coefficient (Wildman–Crippen LogP) is 1.28. The zero-order chi connectivity index (χ0) is 20.4. The number of aromatic amines is 1. The average Bonchev–Trinajstić information content (AvgIpc) is 3.43. The Kier molecular flexibility index (Phi) is 4.33. The van der Waals surface area contributed by atoms with Gasteiger partial charge in [0.2, 0.25) is 0 Å². The van der Waals surface area contributed by atoms with Gasteiger partial charge in [-0.3, -0.25) is 14.3 Å². The Morgan fingerprint density at radius 3 is 2.79 bits per heavy atom. The number of aryl methyl sites for hydroxylation is 1. The van der Waals surface area contributed by atoms with Crippen LogP contribution in [0, 0.1) is 0 Å². The van der Waals surface area contributed by atoms with E-state index in [-0.39, 0.29) is 17.2 Å². The van der Waals surface area contributed by atoms with Crippen molar-refractivity contribution < 1.29 is 9.50 Å². The number of nitrogens with two attached hydrogens (primary N) is 1. The number of aliphatic hydroxyl groups is 1. The normalized spacial score (nSPS) is 26.4. The molecule has 3 unspecified atom stereocenters. The fourth-order valence-electron chi connectivity index (χ4n) is 4.94. The quantitative estimate of drug-likeness (QED) is 0.700. The summed E-state index contributed by atoms with van der Waals surface area (Å²) in [5.41, 5.74) is 6.54. The SMILES string of the molecule is CC1=c2c(c(=O)[nH]c(=O)n2C2CC2)=C(O)C(F)C1c1cc2c(s1)CCCC2CN. The van der Waals surface area contributed by atoms with Crippen LogP contribution in [0.5, 0.6) is 0 Å². The first kappa shape index (κ1) is 18.8. The van der Waals surface area contributed by atoms with E-state index in [2.05, 4.69) is 4.98 Å². The van der Waals surface area contributed by atoms with E-state index in [9.17, 15) is 14.7 Å². The van der Waals surface area contributed by atoms with Gasteiger partial charge >= 0.3 is 5.69 Å². The molecule has 4 N–H and O–H groups in total. The van der Waals surface area contributed by atoms with Crippen LogP contribution in [0.4, 0.5) is 4.39 Å². The molecule has 5 rings (SSSR count). The lowest BCUT2D eigenvalue weighted by Gasteiger charge is -2.25. The molecule has 1 fully saturated rings. The van der Waals surface area contributed by atoms with E-state index in [1.807, 2.05) is 6.07 Å². The summed E-state index contributed by atoms with van der Waals surface area (Å²) in [7, 11) is 0. The summed E-state index contributed by atoms with van der Waals surface area (Å²) >= 11 is 1.57. The average molecular weight is 418 g/mol. The number of hydrogen-bond donors (Lipinski definition) is 3. The lowest BCUT2D eigenvalue weighted by Crippen LogP contribution is -2.58. The van der Waals surface area contributed by atoms with Crippen LogP contribution in [0.15, 0.2) is 15.7 Å². The number of fused-ring (bicyclic) bond motifs is 2. The third kappa shape index (κ3) is 2.76. The number of H-pyrrole nitrogens is 1. The fraction of sp³-hybridized carbons (Fsp3) is 0.524. The molecule has 0 radical (unpaired) electrons. The zero-order valence-corrected chi connectivity index (χ0v) is 17.0. The van der Waals surface area contributed by atoms with Crippen molar-refractivity contribution >= 4 is 22.7 Å². The topological polar surface area (TPSA) is 101 Å². The van der Waals surface area contributed by atoms with Gasteiger partial charge in [0, 0.05) is 15.8 Å². The molecule has 3 aliphatic carbocycles. The molecule has 2 aromatic rings. The molecule has 3 aliphatic rings. The van der Waals surface area contributed by atoms with Gasteiger partial charge in [0.15, 0.2) is 6.17 Å². The second-order valence-electron chi connectivity index (χ2n) is 8.38. The van der Waals surface area contributed by atoms with Crippen molar-refractivity contribution in [3.63, 3.8) is 0 Å². The lowest BCUT2D eigenvalue weighted by atomic mass is 9.84. The summed E-state index contributed by atoms with van der Waals surface area (Å²) < 4.78 is 17.0. The van der Waals surface area contributed by atoms with Gasteiger partial charge in [-0.15, -0.1) is 11.3 Å². The number of rotatable bonds is 3. The minimum Gasteiger partial charge on any atom is -0.508 e. The van der Waals surface area contributed by atoms with Crippen LogP contribution in [-0.2, 0) is 6.42 Å². The summed E-state index contributed by atoms with van der Waals surface area (Å²) in [5, 5.41) is 10.9. The molecule has 2 heterocycles. The molecule has 0 aliphatic heterocycles. The summed E-state index contributed by atoms with van der Waals surface area (Å²) in [6, 6.07) is 2.02. The Morgan fingerprint density at radius 1 is 1.34 bits per heavy atom. The predicted molar refractivity (Wildman–Crippen MR) is 111 cm³/mol. The number of aromatic nitrogens is 2. The lowest BCUT2D eigenvalue weighted by molar-refractivity contribution is 0.306. The first-order valence-electron chi connectivity index (χ1n) is 10.2. The molecule has 0 spiro atoms. The van der Waals surface area contributed by atoms with Crippen molar-refractivity contribution in [2.45, 2.75) is 63.1 Å². The van der Waals surface area contributed by atoms with Crippen LogP contribution in [0.1, 0.15) is 65.8 Å². The van der Waals surface area contributed by atoms with Crippen molar-refractivity contribution in [1.82, 2.24) is 9.55 Å². The molecule has 0 saturated heterocycles. The molecule has 29 heavy (non-hydrogen) atoms. The first-order chi connectivity index (χ1) is 13.9. The summed E-state index contributed by atoms with van der Waals surface area (Å²) in [4.78, 5) is 29.2. The maximum Gasteiger partial charge on any atom is 0.329 e. The van der Waals surface area contributed by atoms with E-state index >= 15 is 4.39 Å².